The first-order valence-electron chi connectivity index (χ1n) is 9.42. The molecule has 0 bridgehead atoms. The molecule has 1 aliphatic rings. The third-order valence-corrected chi connectivity index (χ3v) is 6.83. The van der Waals surface area contributed by atoms with Gasteiger partial charge in [0.15, 0.2) is 0 Å². The van der Waals surface area contributed by atoms with E-state index in [2.05, 4.69) is 15.0 Å². The minimum absolute atomic E-state index is 0.192. The van der Waals surface area contributed by atoms with Crippen molar-refractivity contribution >= 4 is 22.3 Å². The molecule has 0 aliphatic carbocycles. The summed E-state index contributed by atoms with van der Waals surface area (Å²) in [5.74, 6) is 0.232. The van der Waals surface area contributed by atoms with Gasteiger partial charge in [-0.1, -0.05) is 0 Å². The van der Waals surface area contributed by atoms with Gasteiger partial charge in [0.25, 0.3) is 0 Å². The molecule has 1 atom stereocenters. The number of rotatable bonds is 9. The van der Waals surface area contributed by atoms with Crippen molar-refractivity contribution in [3.8, 4) is 0 Å². The maximum atomic E-state index is 13.0. The number of pyridine rings is 1. The number of aryl methyl sites for hydroxylation is 1. The van der Waals surface area contributed by atoms with Crippen LogP contribution in [0.25, 0.3) is 0 Å². The van der Waals surface area contributed by atoms with Crippen LogP contribution >= 0.6 is 0 Å². The normalized spacial score (nSPS) is 16.3. The van der Waals surface area contributed by atoms with Gasteiger partial charge in [-0.25, -0.2) is 32.8 Å². The van der Waals surface area contributed by atoms with Crippen molar-refractivity contribution in [3.05, 3.63) is 48.4 Å². The number of sulfonamides is 1. The summed E-state index contributed by atoms with van der Waals surface area (Å²) in [4.78, 5) is 25.1. The average Bonchev–Trinajstić information content (AvgIpc) is 2.77. The monoisotopic (exact) mass is 438 g/mol. The Morgan fingerprint density at radius 2 is 1.87 bits per heavy atom. The highest BCUT2D eigenvalue weighted by atomic mass is 32.2. The summed E-state index contributed by atoms with van der Waals surface area (Å²) in [6.07, 6.45) is 4.97. The molecule has 1 fully saturated rings. The maximum Gasteiger partial charge on any atom is 0.233 e. The standard InChI is InChI=1S/C18H23FN6O4S/c19-15-2-5-18(22-12-15)23-8-10-24(11-9-23)30(28,29)13-16(25(27)14-26)3-4-17-20-6-1-7-21-17/h1-2,5-7,12,14,16,27H,3-4,8-11,13H2/t16-/m1/s1. The van der Waals surface area contributed by atoms with E-state index in [0.29, 0.717) is 36.2 Å². The lowest BCUT2D eigenvalue weighted by atomic mass is 10.2. The van der Waals surface area contributed by atoms with Crippen LogP contribution in [0.2, 0.25) is 0 Å². The highest BCUT2D eigenvalue weighted by Crippen LogP contribution is 2.17. The van der Waals surface area contributed by atoms with Gasteiger partial charge < -0.3 is 4.90 Å². The van der Waals surface area contributed by atoms with E-state index in [0.717, 1.165) is 6.20 Å². The zero-order valence-corrected chi connectivity index (χ0v) is 17.0. The molecule has 162 valence electrons. The van der Waals surface area contributed by atoms with Gasteiger partial charge in [0.2, 0.25) is 16.4 Å². The molecule has 1 saturated heterocycles. The van der Waals surface area contributed by atoms with Crippen LogP contribution in [0.5, 0.6) is 0 Å². The van der Waals surface area contributed by atoms with E-state index in [1.807, 2.05) is 4.90 Å². The van der Waals surface area contributed by atoms with E-state index in [1.54, 1.807) is 24.5 Å². The molecule has 10 nitrogen and oxygen atoms in total. The molecule has 1 amide bonds. The summed E-state index contributed by atoms with van der Waals surface area (Å²) in [5, 5.41) is 10.3. The van der Waals surface area contributed by atoms with Crippen molar-refractivity contribution in [3.63, 3.8) is 0 Å². The fourth-order valence-corrected chi connectivity index (χ4v) is 4.97. The lowest BCUT2D eigenvalue weighted by Crippen LogP contribution is -2.51. The van der Waals surface area contributed by atoms with Crippen molar-refractivity contribution in [2.75, 3.05) is 36.8 Å². The number of hydroxylamine groups is 2. The Balaban J connectivity index is 1.60. The summed E-state index contributed by atoms with van der Waals surface area (Å²) < 4.78 is 40.1. The molecule has 1 aliphatic heterocycles. The predicted molar refractivity (Wildman–Crippen MR) is 106 cm³/mol. The van der Waals surface area contributed by atoms with E-state index in [-0.39, 0.29) is 25.9 Å². The third-order valence-electron chi connectivity index (χ3n) is 4.87. The summed E-state index contributed by atoms with van der Waals surface area (Å²) in [5.41, 5.74) is 0. The van der Waals surface area contributed by atoms with Gasteiger partial charge in [0.05, 0.1) is 18.0 Å². The van der Waals surface area contributed by atoms with Crippen LogP contribution in [0, 0.1) is 5.82 Å². The number of halogens is 1. The fraction of sp³-hybridized carbons (Fsp3) is 0.444. The number of carbonyl (C=O) groups is 1. The first-order chi connectivity index (χ1) is 14.4. The van der Waals surface area contributed by atoms with E-state index < -0.39 is 27.6 Å². The van der Waals surface area contributed by atoms with Gasteiger partial charge >= 0.3 is 0 Å². The van der Waals surface area contributed by atoms with Crippen molar-refractivity contribution < 1.29 is 22.8 Å². The van der Waals surface area contributed by atoms with Gasteiger partial charge in [-0.2, -0.15) is 4.31 Å². The molecule has 0 saturated carbocycles. The molecule has 0 radical (unpaired) electrons. The SMILES string of the molecule is O=CN(O)[C@H](CCc1ncccn1)CS(=O)(=O)N1CCN(c2ccc(F)cn2)CC1. The number of nitrogens with zero attached hydrogens (tertiary/aromatic N) is 6. The van der Waals surface area contributed by atoms with Crippen LogP contribution in [-0.2, 0) is 21.2 Å². The zero-order valence-electron chi connectivity index (χ0n) is 16.2. The highest BCUT2D eigenvalue weighted by molar-refractivity contribution is 7.89. The van der Waals surface area contributed by atoms with Gasteiger partial charge in [0, 0.05) is 45.0 Å². The molecule has 1 N–H and O–H groups in total. The molecule has 30 heavy (non-hydrogen) atoms. The number of aromatic nitrogens is 3. The first-order valence-corrected chi connectivity index (χ1v) is 11.0. The Bertz CT molecular complexity index is 923. The fourth-order valence-electron chi connectivity index (χ4n) is 3.23. The summed E-state index contributed by atoms with van der Waals surface area (Å²) in [6, 6.07) is 3.60. The van der Waals surface area contributed by atoms with Crippen LogP contribution in [0.3, 0.4) is 0 Å². The lowest BCUT2D eigenvalue weighted by Gasteiger charge is -2.35. The Hall–Kier alpha value is -2.70. The van der Waals surface area contributed by atoms with Crippen molar-refractivity contribution in [1.82, 2.24) is 24.3 Å². The molecule has 0 aromatic carbocycles. The topological polar surface area (TPSA) is 120 Å². The molecule has 2 aromatic rings. The Labute approximate surface area is 174 Å². The molecule has 3 heterocycles. The largest absolute Gasteiger partial charge is 0.354 e. The average molecular weight is 438 g/mol. The molecular formula is C18H23FN6O4S. The molecule has 3 rings (SSSR count). The summed E-state index contributed by atoms with van der Waals surface area (Å²) in [6.45, 7) is 1.25. The van der Waals surface area contributed by atoms with Crippen LogP contribution in [0.4, 0.5) is 10.2 Å². The minimum Gasteiger partial charge on any atom is -0.354 e. The van der Waals surface area contributed by atoms with E-state index in [1.165, 1.54) is 10.4 Å². The van der Waals surface area contributed by atoms with Gasteiger partial charge in [0.1, 0.15) is 17.5 Å². The second-order valence-electron chi connectivity index (χ2n) is 6.84. The number of anilines is 1. The molecular weight excluding hydrogens is 415 g/mol. The molecule has 0 spiro atoms. The number of piperazine rings is 1. The highest BCUT2D eigenvalue weighted by Gasteiger charge is 2.31. The van der Waals surface area contributed by atoms with Crippen molar-refractivity contribution in [2.45, 2.75) is 18.9 Å². The number of hydrogen-bond acceptors (Lipinski definition) is 8. The number of carbonyl (C=O) groups excluding carboxylic acids is 1. The molecule has 0 unspecified atom stereocenters. The Morgan fingerprint density at radius 1 is 1.17 bits per heavy atom. The summed E-state index contributed by atoms with van der Waals surface area (Å²) >= 11 is 0. The van der Waals surface area contributed by atoms with Gasteiger partial charge in [-0.3, -0.25) is 10.0 Å². The van der Waals surface area contributed by atoms with E-state index in [4.69, 9.17) is 0 Å². The third kappa shape index (κ3) is 5.68. The first kappa shape index (κ1) is 22.0. The smallest absolute Gasteiger partial charge is 0.233 e. The van der Waals surface area contributed by atoms with Crippen molar-refractivity contribution in [2.24, 2.45) is 0 Å². The number of amides is 1. The van der Waals surface area contributed by atoms with Gasteiger partial charge in [-0.05, 0) is 24.6 Å². The van der Waals surface area contributed by atoms with E-state index in [9.17, 15) is 22.8 Å². The van der Waals surface area contributed by atoms with Crippen LogP contribution < -0.4 is 4.90 Å². The van der Waals surface area contributed by atoms with Gasteiger partial charge in [-0.15, -0.1) is 0 Å². The molecule has 2 aromatic heterocycles. The van der Waals surface area contributed by atoms with E-state index >= 15 is 0 Å². The molecule has 12 heteroatoms. The van der Waals surface area contributed by atoms with Crippen LogP contribution in [0.15, 0.2) is 36.8 Å². The predicted octanol–water partition coefficient (Wildman–Crippen LogP) is 0.311. The van der Waals surface area contributed by atoms with Crippen LogP contribution in [0.1, 0.15) is 12.2 Å². The zero-order chi connectivity index (χ0) is 21.6. The lowest BCUT2D eigenvalue weighted by molar-refractivity contribution is -0.158. The second-order valence-corrected chi connectivity index (χ2v) is 8.86. The second kappa shape index (κ2) is 9.87. The number of hydrogen-bond donors (Lipinski definition) is 1. The minimum atomic E-state index is -3.73. The van der Waals surface area contributed by atoms with Crippen molar-refractivity contribution in [1.29, 1.82) is 0 Å². The maximum absolute atomic E-state index is 13.0. The quantitative estimate of drug-likeness (QED) is 0.338. The summed E-state index contributed by atoms with van der Waals surface area (Å²) in [7, 11) is -3.73. The Morgan fingerprint density at radius 3 is 2.47 bits per heavy atom. The Kier molecular flexibility index (Phi) is 7.24. The van der Waals surface area contributed by atoms with Crippen LogP contribution in [-0.4, -0.2) is 82.3 Å².